The van der Waals surface area contributed by atoms with Crippen LogP contribution in [-0.4, -0.2) is 56.6 Å². The third kappa shape index (κ3) is 3.53. The lowest BCUT2D eigenvalue weighted by Crippen LogP contribution is -2.27. The van der Waals surface area contributed by atoms with E-state index in [1.165, 1.54) is 12.0 Å². The maximum Gasteiger partial charge on any atom is 0.341 e. The Balaban J connectivity index is 2.36. The van der Waals surface area contributed by atoms with Gasteiger partial charge in [-0.25, -0.2) is 4.79 Å². The number of carbonyl (C=O) groups is 3. The highest BCUT2D eigenvalue weighted by atomic mass is 32.1. The Bertz CT molecular complexity index is 632. The molecule has 23 heavy (non-hydrogen) atoms. The van der Waals surface area contributed by atoms with Crippen LogP contribution in [0.4, 0.5) is 5.00 Å². The minimum atomic E-state index is -0.584. The van der Waals surface area contributed by atoms with Gasteiger partial charge in [-0.3, -0.25) is 9.59 Å². The first-order valence-corrected chi connectivity index (χ1v) is 8.04. The maximum atomic E-state index is 12.2. The van der Waals surface area contributed by atoms with Crippen LogP contribution in [0.3, 0.4) is 0 Å². The molecular formula is C15H20N2O5S. The minimum Gasteiger partial charge on any atom is -0.465 e. The van der Waals surface area contributed by atoms with E-state index in [0.717, 1.165) is 17.8 Å². The van der Waals surface area contributed by atoms with Gasteiger partial charge >= 0.3 is 5.97 Å². The molecule has 2 rings (SSSR count). The molecule has 1 fully saturated rings. The van der Waals surface area contributed by atoms with Gasteiger partial charge in [-0.05, 0) is 25.3 Å². The molecule has 1 aromatic heterocycles. The predicted molar refractivity (Wildman–Crippen MR) is 86.0 cm³/mol. The van der Waals surface area contributed by atoms with E-state index >= 15 is 0 Å². The highest BCUT2D eigenvalue weighted by molar-refractivity contribution is 7.18. The molecule has 126 valence electrons. The number of ether oxygens (including phenoxy) is 2. The number of anilines is 1. The number of carbonyl (C=O) groups excluding carboxylic acids is 3. The van der Waals surface area contributed by atoms with Gasteiger partial charge < -0.3 is 19.7 Å². The van der Waals surface area contributed by atoms with E-state index in [1.54, 1.807) is 21.0 Å². The summed E-state index contributed by atoms with van der Waals surface area (Å²) in [6.45, 7) is 2.22. The zero-order chi connectivity index (χ0) is 17.1. The van der Waals surface area contributed by atoms with Crippen molar-refractivity contribution in [3.8, 4) is 0 Å². The smallest absolute Gasteiger partial charge is 0.341 e. The van der Waals surface area contributed by atoms with E-state index in [2.05, 4.69) is 5.32 Å². The Labute approximate surface area is 138 Å². The number of rotatable bonds is 4. The third-order valence-corrected chi connectivity index (χ3v) is 4.79. The zero-order valence-corrected chi connectivity index (χ0v) is 14.4. The molecule has 0 spiro atoms. The first kappa shape index (κ1) is 17.4. The summed E-state index contributed by atoms with van der Waals surface area (Å²) in [6, 6.07) is 0. The van der Waals surface area contributed by atoms with Gasteiger partial charge in [-0.2, -0.15) is 0 Å². The topological polar surface area (TPSA) is 84.9 Å². The highest BCUT2D eigenvalue weighted by Gasteiger charge is 2.30. The molecule has 7 nitrogen and oxygen atoms in total. The van der Waals surface area contributed by atoms with E-state index in [1.807, 2.05) is 0 Å². The summed E-state index contributed by atoms with van der Waals surface area (Å²) in [7, 11) is 4.52. The van der Waals surface area contributed by atoms with Gasteiger partial charge in [0.15, 0.2) is 0 Å². The molecule has 0 aromatic carbocycles. The molecule has 1 aliphatic rings. The van der Waals surface area contributed by atoms with Crippen LogP contribution in [0.25, 0.3) is 0 Å². The van der Waals surface area contributed by atoms with E-state index in [0.29, 0.717) is 28.5 Å². The lowest BCUT2D eigenvalue weighted by atomic mass is 10.1. The third-order valence-electron chi connectivity index (χ3n) is 3.60. The first-order valence-electron chi connectivity index (χ1n) is 7.22. The fraction of sp³-hybridized carbons (Fsp3) is 0.533. The average molecular weight is 340 g/mol. The van der Waals surface area contributed by atoms with Gasteiger partial charge in [-0.15, -0.1) is 11.3 Å². The van der Waals surface area contributed by atoms with Gasteiger partial charge in [0.05, 0.1) is 17.6 Å². The molecule has 0 radical (unpaired) electrons. The number of amides is 2. The normalized spacial score (nSPS) is 17.0. The quantitative estimate of drug-likeness (QED) is 0.843. The summed E-state index contributed by atoms with van der Waals surface area (Å²) in [4.78, 5) is 38.3. The van der Waals surface area contributed by atoms with Crippen molar-refractivity contribution in [3.63, 3.8) is 0 Å². The summed E-state index contributed by atoms with van der Waals surface area (Å²) < 4.78 is 10.1. The summed E-state index contributed by atoms with van der Waals surface area (Å²) in [5, 5.41) is 3.03. The van der Waals surface area contributed by atoms with E-state index < -0.39 is 12.1 Å². The molecule has 0 aliphatic carbocycles. The summed E-state index contributed by atoms with van der Waals surface area (Å²) in [5.74, 6) is -1.12. The van der Waals surface area contributed by atoms with Crippen LogP contribution < -0.4 is 5.32 Å². The Morgan fingerprint density at radius 1 is 1.35 bits per heavy atom. The van der Waals surface area contributed by atoms with E-state index in [4.69, 9.17) is 9.47 Å². The molecule has 0 bridgehead atoms. The van der Waals surface area contributed by atoms with Crippen molar-refractivity contribution < 1.29 is 23.9 Å². The van der Waals surface area contributed by atoms with Crippen molar-refractivity contribution in [2.24, 2.45) is 0 Å². The second-order valence-electron chi connectivity index (χ2n) is 5.44. The minimum absolute atomic E-state index is 0.217. The molecule has 1 unspecified atom stereocenters. The molecule has 1 aromatic rings. The summed E-state index contributed by atoms with van der Waals surface area (Å²) in [6.07, 6.45) is 0.958. The van der Waals surface area contributed by atoms with Gasteiger partial charge in [0.25, 0.3) is 11.8 Å². The highest BCUT2D eigenvalue weighted by Crippen LogP contribution is 2.34. The van der Waals surface area contributed by atoms with Crippen molar-refractivity contribution in [2.45, 2.75) is 25.9 Å². The van der Waals surface area contributed by atoms with Crippen LogP contribution >= 0.6 is 11.3 Å². The molecule has 1 aliphatic heterocycles. The van der Waals surface area contributed by atoms with Crippen molar-refractivity contribution in [1.29, 1.82) is 0 Å². The SMILES string of the molecule is COC(=O)c1c(NC(=O)C2CCCO2)sc(C(=O)N(C)C)c1C. The van der Waals surface area contributed by atoms with Crippen LogP contribution in [0, 0.1) is 6.92 Å². The Kier molecular flexibility index (Phi) is 5.38. The van der Waals surface area contributed by atoms with E-state index in [-0.39, 0.29) is 17.4 Å². The van der Waals surface area contributed by atoms with Gasteiger partial charge in [0, 0.05) is 20.7 Å². The zero-order valence-electron chi connectivity index (χ0n) is 13.6. The standard InChI is InChI=1S/C15H20N2O5S/c1-8-10(15(20)21-4)13(23-11(8)14(19)17(2)3)16-12(18)9-6-5-7-22-9/h9H,5-7H2,1-4H3,(H,16,18). The molecular weight excluding hydrogens is 320 g/mol. The van der Waals surface area contributed by atoms with Gasteiger partial charge in [0.2, 0.25) is 0 Å². The predicted octanol–water partition coefficient (Wildman–Crippen LogP) is 1.66. The van der Waals surface area contributed by atoms with Crippen molar-refractivity contribution in [1.82, 2.24) is 4.90 Å². The fourth-order valence-corrected chi connectivity index (χ4v) is 3.55. The molecule has 0 saturated carbocycles. The Hall–Kier alpha value is -1.93. The number of hydrogen-bond acceptors (Lipinski definition) is 6. The number of hydrogen-bond donors (Lipinski definition) is 1. The molecule has 8 heteroatoms. The number of esters is 1. The first-order chi connectivity index (χ1) is 10.9. The maximum absolute atomic E-state index is 12.2. The second-order valence-corrected chi connectivity index (χ2v) is 6.46. The number of nitrogens with one attached hydrogen (secondary N) is 1. The van der Waals surface area contributed by atoms with Crippen molar-refractivity contribution >= 4 is 34.1 Å². The Morgan fingerprint density at radius 3 is 2.57 bits per heavy atom. The van der Waals surface area contributed by atoms with Crippen LogP contribution in [0.2, 0.25) is 0 Å². The van der Waals surface area contributed by atoms with Crippen LogP contribution in [0.15, 0.2) is 0 Å². The van der Waals surface area contributed by atoms with E-state index in [9.17, 15) is 14.4 Å². The van der Waals surface area contributed by atoms with Crippen molar-refractivity contribution in [3.05, 3.63) is 16.0 Å². The van der Waals surface area contributed by atoms with Crippen LogP contribution in [0.1, 0.15) is 38.4 Å². The number of nitrogens with zero attached hydrogens (tertiary/aromatic N) is 1. The largest absolute Gasteiger partial charge is 0.465 e. The number of thiophene rings is 1. The Morgan fingerprint density at radius 2 is 2.04 bits per heavy atom. The molecule has 2 amide bonds. The molecule has 1 atom stereocenters. The fourth-order valence-electron chi connectivity index (χ4n) is 2.33. The van der Waals surface area contributed by atoms with Gasteiger partial charge in [0.1, 0.15) is 11.1 Å². The summed E-state index contributed by atoms with van der Waals surface area (Å²) in [5.41, 5.74) is 0.720. The molecule has 2 heterocycles. The average Bonchev–Trinajstić information content (AvgIpc) is 3.14. The van der Waals surface area contributed by atoms with Gasteiger partial charge in [-0.1, -0.05) is 0 Å². The molecule has 1 N–H and O–H groups in total. The monoisotopic (exact) mass is 340 g/mol. The lowest BCUT2D eigenvalue weighted by Gasteiger charge is -2.10. The van der Waals surface area contributed by atoms with Crippen LogP contribution in [-0.2, 0) is 14.3 Å². The second kappa shape index (κ2) is 7.10. The van der Waals surface area contributed by atoms with Crippen LogP contribution in [0.5, 0.6) is 0 Å². The molecule has 1 saturated heterocycles. The van der Waals surface area contributed by atoms with Crippen molar-refractivity contribution in [2.75, 3.05) is 33.1 Å². The number of methoxy groups -OCH3 is 1. The summed E-state index contributed by atoms with van der Waals surface area (Å²) >= 11 is 1.07. The lowest BCUT2D eigenvalue weighted by molar-refractivity contribution is -0.124.